The average molecular weight is 356 g/mol. The van der Waals surface area contributed by atoms with Gasteiger partial charge in [0.05, 0.1) is 5.69 Å². The predicted octanol–water partition coefficient (Wildman–Crippen LogP) is 0.835. The first-order chi connectivity index (χ1) is 12.1. The third-order valence-electron chi connectivity index (χ3n) is 6.15. The Morgan fingerprint density at radius 3 is 2.38 bits per heavy atom. The first-order valence-corrected chi connectivity index (χ1v) is 9.25. The van der Waals surface area contributed by atoms with Crippen molar-refractivity contribution in [3.05, 3.63) is 29.8 Å². The molecule has 0 bridgehead atoms. The molecule has 26 heavy (non-hydrogen) atoms. The number of nitrogens with one attached hydrogen (secondary N) is 1. The minimum Gasteiger partial charge on any atom is -0.326 e. The number of hydrogen-bond donors (Lipinski definition) is 2. The number of carbonyl (C=O) groups is 3. The van der Waals surface area contributed by atoms with E-state index in [0.717, 1.165) is 11.3 Å². The summed E-state index contributed by atoms with van der Waals surface area (Å²) in [5.74, 6) is -1.52. The van der Waals surface area contributed by atoms with Gasteiger partial charge in [0.25, 0.3) is 5.91 Å². The Balaban J connectivity index is 1.93. The first-order valence-electron chi connectivity index (χ1n) is 9.25. The molecule has 3 heterocycles. The maximum absolute atomic E-state index is 13.4. The molecule has 4 rings (SSSR count). The van der Waals surface area contributed by atoms with Crippen LogP contribution in [0.5, 0.6) is 0 Å². The lowest BCUT2D eigenvalue weighted by atomic mass is 9.76. The molecule has 1 aromatic rings. The summed E-state index contributed by atoms with van der Waals surface area (Å²) in [6.45, 7) is 9.70. The lowest BCUT2D eigenvalue weighted by Gasteiger charge is -2.33. The summed E-state index contributed by atoms with van der Waals surface area (Å²) < 4.78 is 0. The molecule has 138 valence electrons. The van der Waals surface area contributed by atoms with Gasteiger partial charge in [0.1, 0.15) is 17.9 Å². The van der Waals surface area contributed by atoms with Gasteiger partial charge in [0, 0.05) is 17.0 Å². The van der Waals surface area contributed by atoms with E-state index >= 15 is 0 Å². The van der Waals surface area contributed by atoms with Gasteiger partial charge < -0.3 is 10.6 Å². The lowest BCUT2D eigenvalue weighted by Crippen LogP contribution is -2.99. The molecule has 3 aliphatic rings. The monoisotopic (exact) mass is 356 g/mol. The zero-order chi connectivity index (χ0) is 19.0. The molecule has 3 aliphatic heterocycles. The molecule has 3 N–H and O–H groups in total. The van der Waals surface area contributed by atoms with Crippen LogP contribution in [0.25, 0.3) is 0 Å². The normalized spacial score (nSPS) is 33.2. The highest BCUT2D eigenvalue weighted by molar-refractivity contribution is 6.14. The maximum Gasteiger partial charge on any atom is 0.291 e. The minimum absolute atomic E-state index is 0.110. The van der Waals surface area contributed by atoms with Gasteiger partial charge in [0.15, 0.2) is 0 Å². The summed E-state index contributed by atoms with van der Waals surface area (Å²) in [5.41, 5.74) is -0.0925. The quantitative estimate of drug-likeness (QED) is 0.732. The van der Waals surface area contributed by atoms with E-state index < -0.39 is 22.9 Å². The second-order valence-corrected chi connectivity index (χ2v) is 9.04. The van der Waals surface area contributed by atoms with Crippen LogP contribution in [0.3, 0.4) is 0 Å². The number of imide groups is 1. The molecule has 1 aromatic carbocycles. The van der Waals surface area contributed by atoms with Gasteiger partial charge in [-0.15, -0.1) is 0 Å². The van der Waals surface area contributed by atoms with Crippen LogP contribution in [0.4, 0.5) is 5.69 Å². The van der Waals surface area contributed by atoms with Crippen LogP contribution in [0.1, 0.15) is 40.2 Å². The topological polar surface area (TPSA) is 83.1 Å². The zero-order valence-corrected chi connectivity index (χ0v) is 15.9. The molecule has 0 aromatic heterocycles. The Kier molecular flexibility index (Phi) is 3.42. The van der Waals surface area contributed by atoms with Gasteiger partial charge in [-0.05, 0) is 26.8 Å². The van der Waals surface area contributed by atoms with E-state index in [1.807, 2.05) is 64.2 Å². The summed E-state index contributed by atoms with van der Waals surface area (Å²) in [7, 11) is 0. The second-order valence-electron chi connectivity index (χ2n) is 9.04. The number of amides is 3. The van der Waals surface area contributed by atoms with Gasteiger partial charge in [0.2, 0.25) is 17.4 Å². The van der Waals surface area contributed by atoms with Crippen molar-refractivity contribution >= 4 is 23.4 Å². The molecule has 6 nitrogen and oxygen atoms in total. The van der Waals surface area contributed by atoms with Crippen molar-refractivity contribution in [1.29, 1.82) is 0 Å². The van der Waals surface area contributed by atoms with E-state index in [-0.39, 0.29) is 29.7 Å². The first kappa shape index (κ1) is 17.2. The van der Waals surface area contributed by atoms with Crippen molar-refractivity contribution in [2.45, 2.75) is 51.7 Å². The number of benzene rings is 1. The molecular formula is C20H26N3O3+. The highest BCUT2D eigenvalue weighted by Crippen LogP contribution is 2.50. The largest absolute Gasteiger partial charge is 0.326 e. The Morgan fingerprint density at radius 2 is 1.77 bits per heavy atom. The smallest absolute Gasteiger partial charge is 0.291 e. The second kappa shape index (κ2) is 5.16. The Labute approximate surface area is 153 Å². The molecule has 0 aliphatic carbocycles. The van der Waals surface area contributed by atoms with Crippen LogP contribution in [0.15, 0.2) is 24.3 Å². The molecule has 3 amide bonds. The van der Waals surface area contributed by atoms with Gasteiger partial charge in [-0.25, -0.2) is 0 Å². The zero-order valence-electron chi connectivity index (χ0n) is 15.9. The Bertz CT molecular complexity index is 826. The highest BCUT2D eigenvalue weighted by Gasteiger charge is 2.75. The fourth-order valence-corrected chi connectivity index (χ4v) is 5.11. The Hall–Kier alpha value is -2.21. The number of fused-ring (bicyclic) bond motifs is 4. The maximum atomic E-state index is 13.4. The van der Waals surface area contributed by atoms with Crippen molar-refractivity contribution in [3.8, 4) is 0 Å². The summed E-state index contributed by atoms with van der Waals surface area (Å²) in [6.07, 6.45) is 0. The predicted molar refractivity (Wildman–Crippen MR) is 95.9 cm³/mol. The number of anilines is 1. The molecule has 0 saturated carbocycles. The number of para-hydroxylation sites is 1. The van der Waals surface area contributed by atoms with E-state index in [1.54, 1.807) is 0 Å². The van der Waals surface area contributed by atoms with Crippen molar-refractivity contribution < 1.29 is 19.7 Å². The average Bonchev–Trinajstić information content (AvgIpc) is 3.12. The van der Waals surface area contributed by atoms with Gasteiger partial charge >= 0.3 is 0 Å². The third-order valence-corrected chi connectivity index (χ3v) is 6.15. The number of quaternary nitrogens is 1. The highest BCUT2D eigenvalue weighted by atomic mass is 16.2. The van der Waals surface area contributed by atoms with Crippen LogP contribution in [0.2, 0.25) is 0 Å². The fraction of sp³-hybridized carbons (Fsp3) is 0.550. The summed E-state index contributed by atoms with van der Waals surface area (Å²) >= 11 is 0. The SMILES string of the molecule is CC(C)[C@H]1[NH2+][C@]2(C(=O)Nc3ccccc32)[C@@H]2C(=O)N(C(C)(C)C)C(=O)[C@H]12. The molecule has 4 atom stereocenters. The van der Waals surface area contributed by atoms with Gasteiger partial charge in [-0.1, -0.05) is 32.0 Å². The van der Waals surface area contributed by atoms with Crippen molar-refractivity contribution in [1.82, 2.24) is 4.90 Å². The van der Waals surface area contributed by atoms with Gasteiger partial charge in [-0.3, -0.25) is 19.3 Å². The molecule has 2 fully saturated rings. The Morgan fingerprint density at radius 1 is 1.12 bits per heavy atom. The van der Waals surface area contributed by atoms with E-state index in [1.165, 1.54) is 4.90 Å². The molecule has 0 radical (unpaired) electrons. The van der Waals surface area contributed by atoms with Crippen molar-refractivity contribution in [2.75, 3.05) is 5.32 Å². The standard InChI is InChI=1S/C20H25N3O3/c1-10(2)15-13-14(17(25)23(16(13)24)19(3,4)5)20(22-15)11-8-6-7-9-12(11)21-18(20)26/h6-10,13-15,22H,1-5H3,(H,21,26)/p+1/t13-,14-,15+,20-/m0/s1. The van der Waals surface area contributed by atoms with Crippen LogP contribution in [-0.2, 0) is 19.9 Å². The number of carbonyl (C=O) groups excluding carboxylic acids is 3. The number of nitrogens with zero attached hydrogens (tertiary/aromatic N) is 1. The molecule has 0 unspecified atom stereocenters. The number of rotatable bonds is 1. The number of hydrogen-bond acceptors (Lipinski definition) is 3. The van der Waals surface area contributed by atoms with E-state index in [2.05, 4.69) is 5.32 Å². The number of nitrogens with two attached hydrogens (primary N) is 1. The molecular weight excluding hydrogens is 330 g/mol. The lowest BCUT2D eigenvalue weighted by molar-refractivity contribution is -0.738. The summed E-state index contributed by atoms with van der Waals surface area (Å²) in [4.78, 5) is 41.2. The van der Waals surface area contributed by atoms with Crippen LogP contribution in [-0.4, -0.2) is 34.2 Å². The third kappa shape index (κ3) is 1.93. The molecule has 6 heteroatoms. The van der Waals surface area contributed by atoms with Gasteiger partial charge in [-0.2, -0.15) is 0 Å². The van der Waals surface area contributed by atoms with Crippen molar-refractivity contribution in [3.63, 3.8) is 0 Å². The summed E-state index contributed by atoms with van der Waals surface area (Å²) in [6, 6.07) is 7.40. The molecule has 2 saturated heterocycles. The van der Waals surface area contributed by atoms with Crippen molar-refractivity contribution in [2.24, 2.45) is 17.8 Å². The van der Waals surface area contributed by atoms with E-state index in [9.17, 15) is 14.4 Å². The molecule has 1 spiro atoms. The van der Waals surface area contributed by atoms with E-state index in [0.29, 0.717) is 0 Å². The van der Waals surface area contributed by atoms with Crippen LogP contribution < -0.4 is 10.6 Å². The minimum atomic E-state index is -1.05. The summed E-state index contributed by atoms with van der Waals surface area (Å²) in [5, 5.41) is 4.93. The van der Waals surface area contributed by atoms with Crippen LogP contribution in [0, 0.1) is 17.8 Å². The number of likely N-dealkylation sites (tertiary alicyclic amines) is 1. The fourth-order valence-electron chi connectivity index (χ4n) is 5.11. The van der Waals surface area contributed by atoms with Crippen LogP contribution >= 0.6 is 0 Å². The van der Waals surface area contributed by atoms with E-state index in [4.69, 9.17) is 0 Å².